The van der Waals surface area contributed by atoms with Gasteiger partial charge >= 0.3 is 0 Å². The van der Waals surface area contributed by atoms with Crippen LogP contribution in [0.1, 0.15) is 32.3 Å². The Morgan fingerprint density at radius 1 is 1.29 bits per heavy atom. The van der Waals surface area contributed by atoms with E-state index >= 15 is 0 Å². The highest BCUT2D eigenvalue weighted by atomic mass is 32.2. The number of rotatable bonds is 4. The van der Waals surface area contributed by atoms with Crippen molar-refractivity contribution in [3.63, 3.8) is 0 Å². The van der Waals surface area contributed by atoms with Crippen molar-refractivity contribution in [1.82, 2.24) is 0 Å². The molecule has 1 N–H and O–H groups in total. The van der Waals surface area contributed by atoms with Gasteiger partial charge < -0.3 is 5.11 Å². The molecule has 1 nitrogen and oxygen atoms in total. The van der Waals surface area contributed by atoms with Gasteiger partial charge in [-0.1, -0.05) is 32.9 Å². The second kappa shape index (κ2) is 5.42. The Balaban J connectivity index is 2.78. The SMILES string of the molecule is CC(C)Sc1cccc(C(C)CO)c1. The summed E-state index contributed by atoms with van der Waals surface area (Å²) in [4.78, 5) is 1.29. The number of thioether (sulfide) groups is 1. The van der Waals surface area contributed by atoms with E-state index in [1.165, 1.54) is 10.5 Å². The second-order valence-electron chi connectivity index (χ2n) is 3.82. The third-order valence-corrected chi connectivity index (χ3v) is 3.07. The average Bonchev–Trinajstić information content (AvgIpc) is 2.16. The Bertz CT molecular complexity index is 283. The molecule has 0 spiro atoms. The van der Waals surface area contributed by atoms with Gasteiger partial charge in [-0.05, 0) is 17.7 Å². The summed E-state index contributed by atoms with van der Waals surface area (Å²) < 4.78 is 0. The fourth-order valence-electron chi connectivity index (χ4n) is 1.27. The highest BCUT2D eigenvalue weighted by Gasteiger charge is 2.05. The van der Waals surface area contributed by atoms with Gasteiger partial charge in [-0.25, -0.2) is 0 Å². The van der Waals surface area contributed by atoms with E-state index in [-0.39, 0.29) is 12.5 Å². The van der Waals surface area contributed by atoms with Crippen molar-refractivity contribution in [2.24, 2.45) is 0 Å². The minimum atomic E-state index is 0.218. The molecular weight excluding hydrogens is 192 g/mol. The van der Waals surface area contributed by atoms with E-state index < -0.39 is 0 Å². The van der Waals surface area contributed by atoms with Crippen LogP contribution in [0.15, 0.2) is 29.2 Å². The van der Waals surface area contributed by atoms with Crippen molar-refractivity contribution in [3.8, 4) is 0 Å². The Labute approximate surface area is 90.5 Å². The molecule has 0 heterocycles. The van der Waals surface area contributed by atoms with Crippen molar-refractivity contribution in [2.75, 3.05) is 6.61 Å². The molecule has 0 fully saturated rings. The number of benzene rings is 1. The predicted molar refractivity (Wildman–Crippen MR) is 62.9 cm³/mol. The van der Waals surface area contributed by atoms with Gasteiger partial charge in [-0.15, -0.1) is 11.8 Å². The molecule has 0 saturated carbocycles. The molecule has 0 aromatic heterocycles. The normalized spacial score (nSPS) is 13.2. The summed E-state index contributed by atoms with van der Waals surface area (Å²) in [6.07, 6.45) is 0. The van der Waals surface area contributed by atoms with E-state index in [9.17, 15) is 0 Å². The molecule has 1 aromatic carbocycles. The first-order valence-corrected chi connectivity index (χ1v) is 5.89. The van der Waals surface area contributed by atoms with Gasteiger partial charge in [0, 0.05) is 22.7 Å². The third-order valence-electron chi connectivity index (χ3n) is 2.07. The molecular formula is C12H18OS. The van der Waals surface area contributed by atoms with E-state index in [0.717, 1.165) is 0 Å². The predicted octanol–water partition coefficient (Wildman–Crippen LogP) is 3.28. The lowest BCUT2D eigenvalue weighted by atomic mass is 10.0. The van der Waals surface area contributed by atoms with Gasteiger partial charge in [0.25, 0.3) is 0 Å². The minimum Gasteiger partial charge on any atom is -0.396 e. The van der Waals surface area contributed by atoms with Crippen LogP contribution in [0, 0.1) is 0 Å². The summed E-state index contributed by atoms with van der Waals surface area (Å²) in [6.45, 7) is 6.63. The van der Waals surface area contributed by atoms with Crippen LogP contribution in [-0.4, -0.2) is 17.0 Å². The molecule has 78 valence electrons. The lowest BCUT2D eigenvalue weighted by molar-refractivity contribution is 0.273. The maximum atomic E-state index is 9.05. The van der Waals surface area contributed by atoms with E-state index in [1.54, 1.807) is 0 Å². The molecule has 0 saturated heterocycles. The highest BCUT2D eigenvalue weighted by Crippen LogP contribution is 2.26. The summed E-state index contributed by atoms with van der Waals surface area (Å²) >= 11 is 1.86. The van der Waals surface area contributed by atoms with Crippen molar-refractivity contribution < 1.29 is 5.11 Å². The van der Waals surface area contributed by atoms with Crippen LogP contribution in [0.5, 0.6) is 0 Å². The molecule has 1 rings (SSSR count). The van der Waals surface area contributed by atoms with Crippen LogP contribution in [0.4, 0.5) is 0 Å². The summed E-state index contributed by atoms with van der Waals surface area (Å²) in [5, 5.41) is 9.66. The van der Waals surface area contributed by atoms with E-state index in [2.05, 4.69) is 38.1 Å². The van der Waals surface area contributed by atoms with Gasteiger partial charge in [-0.3, -0.25) is 0 Å². The van der Waals surface area contributed by atoms with Crippen molar-refractivity contribution >= 4 is 11.8 Å². The fraction of sp³-hybridized carbons (Fsp3) is 0.500. The smallest absolute Gasteiger partial charge is 0.0497 e. The molecule has 0 bridgehead atoms. The van der Waals surface area contributed by atoms with Crippen LogP contribution < -0.4 is 0 Å². The van der Waals surface area contributed by atoms with Gasteiger partial charge in [0.2, 0.25) is 0 Å². The average molecular weight is 210 g/mol. The van der Waals surface area contributed by atoms with E-state index in [1.807, 2.05) is 18.7 Å². The quantitative estimate of drug-likeness (QED) is 0.770. The minimum absolute atomic E-state index is 0.218. The summed E-state index contributed by atoms with van der Waals surface area (Å²) in [7, 11) is 0. The van der Waals surface area contributed by atoms with Crippen LogP contribution >= 0.6 is 11.8 Å². The van der Waals surface area contributed by atoms with Gasteiger partial charge in [0.15, 0.2) is 0 Å². The zero-order chi connectivity index (χ0) is 10.6. The molecule has 1 unspecified atom stereocenters. The lowest BCUT2D eigenvalue weighted by Gasteiger charge is -2.11. The number of hydrogen-bond acceptors (Lipinski definition) is 2. The van der Waals surface area contributed by atoms with Crippen LogP contribution in [0.25, 0.3) is 0 Å². The molecule has 0 amide bonds. The van der Waals surface area contributed by atoms with Gasteiger partial charge in [0.1, 0.15) is 0 Å². The zero-order valence-corrected chi connectivity index (χ0v) is 9.84. The zero-order valence-electron chi connectivity index (χ0n) is 9.03. The Morgan fingerprint density at radius 2 is 2.00 bits per heavy atom. The van der Waals surface area contributed by atoms with Crippen LogP contribution in [0.3, 0.4) is 0 Å². The first-order valence-electron chi connectivity index (χ1n) is 5.01. The molecule has 0 radical (unpaired) electrons. The van der Waals surface area contributed by atoms with Crippen LogP contribution in [-0.2, 0) is 0 Å². The summed E-state index contributed by atoms with van der Waals surface area (Å²) in [5.74, 6) is 0.239. The summed E-state index contributed by atoms with van der Waals surface area (Å²) in [5.41, 5.74) is 1.22. The maximum Gasteiger partial charge on any atom is 0.0497 e. The standard InChI is InChI=1S/C12H18OS/c1-9(2)14-12-6-4-5-11(7-12)10(3)8-13/h4-7,9-10,13H,8H2,1-3H3. The third kappa shape index (κ3) is 3.35. The lowest BCUT2D eigenvalue weighted by Crippen LogP contribution is -1.98. The molecule has 2 heteroatoms. The Morgan fingerprint density at radius 3 is 2.57 bits per heavy atom. The first kappa shape index (κ1) is 11.6. The monoisotopic (exact) mass is 210 g/mol. The number of aliphatic hydroxyl groups is 1. The molecule has 0 aliphatic carbocycles. The van der Waals surface area contributed by atoms with E-state index in [0.29, 0.717) is 5.25 Å². The molecule has 14 heavy (non-hydrogen) atoms. The van der Waals surface area contributed by atoms with Gasteiger partial charge in [-0.2, -0.15) is 0 Å². The fourth-order valence-corrected chi connectivity index (χ4v) is 2.18. The number of aliphatic hydroxyl groups excluding tert-OH is 1. The van der Waals surface area contributed by atoms with Crippen molar-refractivity contribution in [3.05, 3.63) is 29.8 Å². The number of hydrogen-bond donors (Lipinski definition) is 1. The first-order chi connectivity index (χ1) is 6.63. The second-order valence-corrected chi connectivity index (χ2v) is 5.47. The van der Waals surface area contributed by atoms with Crippen LogP contribution in [0.2, 0.25) is 0 Å². The molecule has 0 aliphatic heterocycles. The Hall–Kier alpha value is -0.470. The largest absolute Gasteiger partial charge is 0.396 e. The topological polar surface area (TPSA) is 20.2 Å². The molecule has 0 aliphatic rings. The van der Waals surface area contributed by atoms with Gasteiger partial charge in [0.05, 0.1) is 0 Å². The summed E-state index contributed by atoms with van der Waals surface area (Å²) in [6, 6.07) is 8.43. The van der Waals surface area contributed by atoms with Crippen molar-refractivity contribution in [2.45, 2.75) is 36.8 Å². The Kier molecular flexibility index (Phi) is 4.49. The van der Waals surface area contributed by atoms with Crippen molar-refractivity contribution in [1.29, 1.82) is 0 Å². The molecule has 1 aromatic rings. The van der Waals surface area contributed by atoms with E-state index in [4.69, 9.17) is 5.11 Å². The maximum absolute atomic E-state index is 9.05. The molecule has 1 atom stereocenters. The highest BCUT2D eigenvalue weighted by molar-refractivity contribution is 7.99.